The molecule has 0 fully saturated rings. The number of amides is 1. The standard InChI is InChI=1S/C19H25N3O3/c1-2-3-9-15-11-21-16(12-20-15)10-17(18(24)13-23)22-19(25)14-7-5-4-6-8-14/h4-8,11-12,17-18,23-24H,2-3,9-10,13H2,1H3,(H,22,25)/t17-,18-/m1/s1. The predicted octanol–water partition coefficient (Wildman–Crippen LogP) is 1.51. The summed E-state index contributed by atoms with van der Waals surface area (Å²) in [6, 6.07) is 8.11. The number of nitrogens with one attached hydrogen (secondary N) is 1. The van der Waals surface area contributed by atoms with Crippen LogP contribution in [0.25, 0.3) is 0 Å². The Balaban J connectivity index is 2.03. The Kier molecular flexibility index (Phi) is 7.50. The molecule has 1 amide bonds. The van der Waals surface area contributed by atoms with Crippen LogP contribution in [0.2, 0.25) is 0 Å². The third-order valence-electron chi connectivity index (χ3n) is 3.98. The van der Waals surface area contributed by atoms with E-state index in [4.69, 9.17) is 0 Å². The van der Waals surface area contributed by atoms with Gasteiger partial charge in [0.2, 0.25) is 0 Å². The van der Waals surface area contributed by atoms with E-state index in [9.17, 15) is 15.0 Å². The fourth-order valence-electron chi connectivity index (χ4n) is 2.45. The Hall–Kier alpha value is -2.31. The largest absolute Gasteiger partial charge is 0.394 e. The Labute approximate surface area is 148 Å². The Morgan fingerprint density at radius 2 is 1.84 bits per heavy atom. The molecule has 0 aliphatic heterocycles. The van der Waals surface area contributed by atoms with Crippen molar-refractivity contribution in [2.45, 2.75) is 44.8 Å². The summed E-state index contributed by atoms with van der Waals surface area (Å²) in [5.74, 6) is -0.300. The maximum atomic E-state index is 12.3. The van der Waals surface area contributed by atoms with Gasteiger partial charge >= 0.3 is 0 Å². The molecule has 1 aromatic carbocycles. The molecule has 25 heavy (non-hydrogen) atoms. The molecule has 0 saturated carbocycles. The van der Waals surface area contributed by atoms with Gasteiger partial charge in [0.15, 0.2) is 0 Å². The van der Waals surface area contributed by atoms with Gasteiger partial charge < -0.3 is 15.5 Å². The van der Waals surface area contributed by atoms with Crippen molar-refractivity contribution in [2.75, 3.05) is 6.61 Å². The highest BCUT2D eigenvalue weighted by Crippen LogP contribution is 2.07. The van der Waals surface area contributed by atoms with Gasteiger partial charge in [-0.1, -0.05) is 31.5 Å². The molecule has 0 spiro atoms. The first-order chi connectivity index (χ1) is 12.1. The number of aliphatic hydroxyl groups is 2. The zero-order valence-electron chi connectivity index (χ0n) is 14.4. The molecule has 2 aromatic rings. The molecule has 0 radical (unpaired) electrons. The summed E-state index contributed by atoms with van der Waals surface area (Å²) in [6.07, 6.45) is 5.66. The van der Waals surface area contributed by atoms with E-state index in [1.165, 1.54) is 0 Å². The van der Waals surface area contributed by atoms with E-state index < -0.39 is 18.8 Å². The molecule has 1 heterocycles. The molecule has 2 rings (SSSR count). The lowest BCUT2D eigenvalue weighted by Gasteiger charge is -2.22. The molecule has 2 atom stereocenters. The molecule has 134 valence electrons. The summed E-state index contributed by atoms with van der Waals surface area (Å²) in [6.45, 7) is 1.68. The van der Waals surface area contributed by atoms with Gasteiger partial charge in [-0.3, -0.25) is 14.8 Å². The maximum absolute atomic E-state index is 12.3. The first-order valence-corrected chi connectivity index (χ1v) is 8.58. The number of carbonyl (C=O) groups excluding carboxylic acids is 1. The molecular formula is C19H25N3O3. The van der Waals surface area contributed by atoms with Crippen molar-refractivity contribution < 1.29 is 15.0 Å². The highest BCUT2D eigenvalue weighted by Gasteiger charge is 2.22. The van der Waals surface area contributed by atoms with E-state index in [0.717, 1.165) is 25.0 Å². The van der Waals surface area contributed by atoms with Crippen LogP contribution in [0.4, 0.5) is 0 Å². The molecule has 6 heteroatoms. The molecule has 6 nitrogen and oxygen atoms in total. The number of nitrogens with zero attached hydrogens (tertiary/aromatic N) is 2. The second kappa shape index (κ2) is 9.86. The highest BCUT2D eigenvalue weighted by atomic mass is 16.3. The van der Waals surface area contributed by atoms with Gasteiger partial charge in [-0.15, -0.1) is 0 Å². The van der Waals surface area contributed by atoms with E-state index in [0.29, 0.717) is 17.7 Å². The van der Waals surface area contributed by atoms with Crippen molar-refractivity contribution in [2.24, 2.45) is 0 Å². The Bertz CT molecular complexity index is 647. The van der Waals surface area contributed by atoms with Gasteiger partial charge in [-0.05, 0) is 25.0 Å². The summed E-state index contributed by atoms with van der Waals surface area (Å²) in [7, 11) is 0. The average Bonchev–Trinajstić information content (AvgIpc) is 2.66. The number of aliphatic hydroxyl groups excluding tert-OH is 2. The summed E-state index contributed by atoms with van der Waals surface area (Å²) >= 11 is 0. The van der Waals surface area contributed by atoms with Crippen molar-refractivity contribution in [3.63, 3.8) is 0 Å². The van der Waals surface area contributed by atoms with Crippen LogP contribution in [0.3, 0.4) is 0 Å². The quantitative estimate of drug-likeness (QED) is 0.641. The number of rotatable bonds is 9. The van der Waals surface area contributed by atoms with E-state index >= 15 is 0 Å². The van der Waals surface area contributed by atoms with Crippen molar-refractivity contribution in [3.8, 4) is 0 Å². The van der Waals surface area contributed by atoms with Gasteiger partial charge in [0, 0.05) is 24.4 Å². The number of hydrogen-bond acceptors (Lipinski definition) is 5. The summed E-state index contributed by atoms with van der Waals surface area (Å²) in [5, 5.41) is 22.1. The summed E-state index contributed by atoms with van der Waals surface area (Å²) < 4.78 is 0. The van der Waals surface area contributed by atoms with Gasteiger partial charge in [-0.25, -0.2) is 0 Å². The zero-order valence-corrected chi connectivity index (χ0v) is 14.4. The third-order valence-corrected chi connectivity index (χ3v) is 3.98. The number of unbranched alkanes of at least 4 members (excludes halogenated alkanes) is 1. The van der Waals surface area contributed by atoms with E-state index in [1.54, 1.807) is 36.7 Å². The minimum atomic E-state index is -1.07. The first-order valence-electron chi connectivity index (χ1n) is 8.58. The van der Waals surface area contributed by atoms with Crippen LogP contribution in [-0.2, 0) is 12.8 Å². The molecule has 0 saturated heterocycles. The second-order valence-electron chi connectivity index (χ2n) is 6.00. The Morgan fingerprint density at radius 1 is 1.16 bits per heavy atom. The lowest BCUT2D eigenvalue weighted by atomic mass is 10.0. The maximum Gasteiger partial charge on any atom is 0.251 e. The van der Waals surface area contributed by atoms with Gasteiger partial charge in [0.25, 0.3) is 5.91 Å². The highest BCUT2D eigenvalue weighted by molar-refractivity contribution is 5.94. The first kappa shape index (κ1) is 19.0. The fraction of sp³-hybridized carbons (Fsp3) is 0.421. The van der Waals surface area contributed by atoms with Crippen LogP contribution in [-0.4, -0.2) is 44.8 Å². The summed E-state index contributed by atoms with van der Waals surface area (Å²) in [5.41, 5.74) is 2.09. The van der Waals surface area contributed by atoms with E-state index in [2.05, 4.69) is 22.2 Å². The van der Waals surface area contributed by atoms with Crippen LogP contribution in [0.5, 0.6) is 0 Å². The van der Waals surface area contributed by atoms with Crippen molar-refractivity contribution in [1.82, 2.24) is 15.3 Å². The van der Waals surface area contributed by atoms with Crippen LogP contribution in [0.15, 0.2) is 42.7 Å². The summed E-state index contributed by atoms with van der Waals surface area (Å²) in [4.78, 5) is 21.0. The van der Waals surface area contributed by atoms with Crippen LogP contribution >= 0.6 is 0 Å². The number of aryl methyl sites for hydroxylation is 1. The van der Waals surface area contributed by atoms with Crippen LogP contribution in [0, 0.1) is 0 Å². The molecule has 1 aromatic heterocycles. The van der Waals surface area contributed by atoms with Gasteiger partial charge in [0.05, 0.1) is 30.1 Å². The second-order valence-corrected chi connectivity index (χ2v) is 6.00. The number of benzene rings is 1. The zero-order chi connectivity index (χ0) is 18.1. The molecule has 0 aliphatic carbocycles. The average molecular weight is 343 g/mol. The SMILES string of the molecule is CCCCc1cnc(C[C@@H](NC(=O)c2ccccc2)[C@H](O)CO)cn1. The molecular weight excluding hydrogens is 318 g/mol. The minimum absolute atomic E-state index is 0.293. The fourth-order valence-corrected chi connectivity index (χ4v) is 2.45. The van der Waals surface area contributed by atoms with Gasteiger partial charge in [-0.2, -0.15) is 0 Å². The normalized spacial score (nSPS) is 13.2. The van der Waals surface area contributed by atoms with Crippen molar-refractivity contribution >= 4 is 5.91 Å². The van der Waals surface area contributed by atoms with Crippen molar-refractivity contribution in [3.05, 3.63) is 59.7 Å². The third kappa shape index (κ3) is 5.92. The minimum Gasteiger partial charge on any atom is -0.394 e. The van der Waals surface area contributed by atoms with Crippen LogP contribution in [0.1, 0.15) is 41.5 Å². The van der Waals surface area contributed by atoms with E-state index in [1.807, 2.05) is 6.07 Å². The molecule has 3 N–H and O–H groups in total. The van der Waals surface area contributed by atoms with Gasteiger partial charge in [0.1, 0.15) is 0 Å². The number of hydrogen-bond donors (Lipinski definition) is 3. The van der Waals surface area contributed by atoms with Crippen LogP contribution < -0.4 is 5.32 Å². The monoisotopic (exact) mass is 343 g/mol. The molecule has 0 bridgehead atoms. The molecule has 0 aliphatic rings. The number of aromatic nitrogens is 2. The number of carbonyl (C=O) groups is 1. The topological polar surface area (TPSA) is 95.3 Å². The van der Waals surface area contributed by atoms with E-state index in [-0.39, 0.29) is 5.91 Å². The Morgan fingerprint density at radius 3 is 2.44 bits per heavy atom. The lowest BCUT2D eigenvalue weighted by Crippen LogP contribution is -2.46. The predicted molar refractivity (Wildman–Crippen MR) is 95.1 cm³/mol. The smallest absolute Gasteiger partial charge is 0.251 e. The molecule has 0 unspecified atom stereocenters. The van der Waals surface area contributed by atoms with Crippen molar-refractivity contribution in [1.29, 1.82) is 0 Å². The lowest BCUT2D eigenvalue weighted by molar-refractivity contribution is 0.0565.